The van der Waals surface area contributed by atoms with Crippen molar-refractivity contribution in [2.75, 3.05) is 6.61 Å². The minimum absolute atomic E-state index is 0.0439. The van der Waals surface area contributed by atoms with E-state index in [-0.39, 0.29) is 25.6 Å². The van der Waals surface area contributed by atoms with Crippen molar-refractivity contribution in [3.63, 3.8) is 0 Å². The van der Waals surface area contributed by atoms with E-state index in [9.17, 15) is 13.2 Å². The van der Waals surface area contributed by atoms with E-state index in [1.54, 1.807) is 0 Å². The number of halogens is 3. The van der Waals surface area contributed by atoms with Gasteiger partial charge in [0.15, 0.2) is 0 Å². The highest BCUT2D eigenvalue weighted by Gasteiger charge is 2.26. The molecule has 4 nitrogen and oxygen atoms in total. The molecule has 0 amide bonds. The van der Waals surface area contributed by atoms with E-state index in [1.807, 2.05) is 0 Å². The lowest BCUT2D eigenvalue weighted by Crippen LogP contribution is -2.09. The summed E-state index contributed by atoms with van der Waals surface area (Å²) in [5.74, 6) is 0. The van der Waals surface area contributed by atoms with Gasteiger partial charge in [-0.05, 0) is 6.42 Å². The van der Waals surface area contributed by atoms with E-state index >= 15 is 0 Å². The van der Waals surface area contributed by atoms with Crippen LogP contribution in [0.5, 0.6) is 6.08 Å². The number of alkyl halides is 3. The average Bonchev–Trinajstić information content (AvgIpc) is 2.59. The summed E-state index contributed by atoms with van der Waals surface area (Å²) in [6.45, 7) is 0.124. The zero-order valence-electron chi connectivity index (χ0n) is 7.88. The lowest BCUT2D eigenvalue weighted by molar-refractivity contribution is -0.136. The minimum Gasteiger partial charge on any atom is -0.450 e. The van der Waals surface area contributed by atoms with Gasteiger partial charge in [-0.1, -0.05) is 0 Å². The number of hydrogen-bond donors (Lipinski definition) is 1. The van der Waals surface area contributed by atoms with Crippen LogP contribution in [0.4, 0.5) is 13.2 Å². The van der Waals surface area contributed by atoms with E-state index in [2.05, 4.69) is 4.98 Å². The first-order valence-electron chi connectivity index (χ1n) is 4.35. The molecule has 0 radical (unpaired) electrons. The Labute approximate surface area is 84.2 Å². The highest BCUT2D eigenvalue weighted by Crippen LogP contribution is 2.21. The molecule has 0 saturated carbocycles. The van der Waals surface area contributed by atoms with Gasteiger partial charge in [0.1, 0.15) is 6.26 Å². The highest BCUT2D eigenvalue weighted by molar-refractivity contribution is 4.98. The van der Waals surface area contributed by atoms with Gasteiger partial charge in [-0.3, -0.25) is 0 Å². The Bertz CT molecular complexity index is 298. The van der Waals surface area contributed by atoms with Crippen molar-refractivity contribution in [1.29, 1.82) is 0 Å². The topological polar surface area (TPSA) is 61.3 Å². The summed E-state index contributed by atoms with van der Waals surface area (Å²) < 4.78 is 44.8. The molecule has 0 unspecified atom stereocenters. The van der Waals surface area contributed by atoms with Crippen LogP contribution in [0.2, 0.25) is 0 Å². The van der Waals surface area contributed by atoms with Crippen LogP contribution in [0.25, 0.3) is 0 Å². The molecule has 0 aliphatic rings. The number of rotatable bonds is 5. The fourth-order valence-corrected chi connectivity index (χ4v) is 0.881. The summed E-state index contributed by atoms with van der Waals surface area (Å²) in [5, 5.41) is 0. The monoisotopic (exact) mass is 224 g/mol. The summed E-state index contributed by atoms with van der Waals surface area (Å²) >= 11 is 0. The fourth-order valence-electron chi connectivity index (χ4n) is 0.881. The number of nitrogens with two attached hydrogens (primary N) is 1. The SMILES string of the molecule is NCc1coc(OCCCC(F)(F)F)n1. The Morgan fingerprint density at radius 2 is 2.20 bits per heavy atom. The van der Waals surface area contributed by atoms with E-state index in [1.165, 1.54) is 6.26 Å². The second-order valence-electron chi connectivity index (χ2n) is 2.88. The van der Waals surface area contributed by atoms with E-state index in [0.29, 0.717) is 5.69 Å². The van der Waals surface area contributed by atoms with E-state index in [4.69, 9.17) is 14.9 Å². The Hall–Kier alpha value is -1.24. The average molecular weight is 224 g/mol. The zero-order valence-corrected chi connectivity index (χ0v) is 7.88. The Morgan fingerprint density at radius 1 is 1.47 bits per heavy atom. The van der Waals surface area contributed by atoms with Crippen molar-refractivity contribution in [2.24, 2.45) is 5.73 Å². The quantitative estimate of drug-likeness (QED) is 0.775. The van der Waals surface area contributed by atoms with E-state index < -0.39 is 12.6 Å². The van der Waals surface area contributed by atoms with Gasteiger partial charge < -0.3 is 14.9 Å². The minimum atomic E-state index is -4.15. The van der Waals surface area contributed by atoms with Crippen LogP contribution in [0.3, 0.4) is 0 Å². The molecule has 1 aromatic heterocycles. The van der Waals surface area contributed by atoms with Gasteiger partial charge in [0.05, 0.1) is 12.3 Å². The molecule has 0 bridgehead atoms. The summed E-state index contributed by atoms with van der Waals surface area (Å²) in [6, 6.07) is 0. The van der Waals surface area contributed by atoms with Crippen LogP contribution in [0, 0.1) is 0 Å². The van der Waals surface area contributed by atoms with Crippen molar-refractivity contribution in [1.82, 2.24) is 4.98 Å². The predicted molar refractivity (Wildman–Crippen MR) is 45.2 cm³/mol. The van der Waals surface area contributed by atoms with Crippen LogP contribution < -0.4 is 10.5 Å². The summed E-state index contributed by atoms with van der Waals surface area (Å²) in [5.41, 5.74) is 5.75. The lowest BCUT2D eigenvalue weighted by atomic mass is 10.3. The molecule has 1 rings (SSSR count). The Balaban J connectivity index is 2.20. The highest BCUT2D eigenvalue weighted by atomic mass is 19.4. The number of aromatic nitrogens is 1. The molecule has 0 fully saturated rings. The van der Waals surface area contributed by atoms with Crippen LogP contribution in [0.1, 0.15) is 18.5 Å². The molecular weight excluding hydrogens is 213 g/mol. The van der Waals surface area contributed by atoms with Gasteiger partial charge in [0, 0.05) is 13.0 Å². The summed E-state index contributed by atoms with van der Waals surface area (Å²) in [7, 11) is 0. The molecule has 1 heterocycles. The second-order valence-corrected chi connectivity index (χ2v) is 2.88. The summed E-state index contributed by atoms with van der Waals surface area (Å²) in [6.07, 6.45) is -3.89. The molecule has 7 heteroatoms. The molecule has 0 saturated heterocycles. The van der Waals surface area contributed by atoms with Gasteiger partial charge in [-0.2, -0.15) is 18.2 Å². The van der Waals surface area contributed by atoms with Crippen molar-refractivity contribution >= 4 is 0 Å². The maximum Gasteiger partial charge on any atom is 0.393 e. The molecule has 0 aliphatic heterocycles. The summed E-state index contributed by atoms with van der Waals surface area (Å²) in [4.78, 5) is 3.77. The first-order valence-corrected chi connectivity index (χ1v) is 4.35. The third-order valence-electron chi connectivity index (χ3n) is 1.57. The standard InChI is InChI=1S/C8H11F3N2O2/c9-8(10,11)2-1-3-14-7-13-6(4-12)5-15-7/h5H,1-4,12H2. The number of ether oxygens (including phenoxy) is 1. The molecule has 0 aliphatic carbocycles. The Morgan fingerprint density at radius 3 is 2.73 bits per heavy atom. The molecule has 1 aromatic rings. The molecule has 0 atom stereocenters. The largest absolute Gasteiger partial charge is 0.450 e. The van der Waals surface area contributed by atoms with E-state index in [0.717, 1.165) is 0 Å². The molecule has 2 N–H and O–H groups in total. The molecule has 86 valence electrons. The van der Waals surface area contributed by atoms with Crippen LogP contribution in [0.15, 0.2) is 10.7 Å². The van der Waals surface area contributed by atoms with Crippen LogP contribution in [-0.4, -0.2) is 17.8 Å². The first kappa shape index (κ1) is 11.8. The van der Waals surface area contributed by atoms with Crippen molar-refractivity contribution in [3.05, 3.63) is 12.0 Å². The van der Waals surface area contributed by atoms with Gasteiger partial charge >= 0.3 is 12.3 Å². The zero-order chi connectivity index (χ0) is 11.3. The van der Waals surface area contributed by atoms with Gasteiger partial charge in [0.2, 0.25) is 0 Å². The number of nitrogens with zero attached hydrogens (tertiary/aromatic N) is 1. The molecular formula is C8H11F3N2O2. The predicted octanol–water partition coefficient (Wildman–Crippen LogP) is 1.85. The third kappa shape index (κ3) is 4.68. The maximum atomic E-state index is 11.7. The van der Waals surface area contributed by atoms with Gasteiger partial charge in [0.25, 0.3) is 0 Å². The maximum absolute atomic E-state index is 11.7. The normalized spacial score (nSPS) is 11.7. The smallest absolute Gasteiger partial charge is 0.393 e. The van der Waals surface area contributed by atoms with Gasteiger partial charge in [-0.15, -0.1) is 0 Å². The van der Waals surface area contributed by atoms with Crippen molar-refractivity contribution in [2.45, 2.75) is 25.6 Å². The van der Waals surface area contributed by atoms with Crippen LogP contribution >= 0.6 is 0 Å². The fraction of sp³-hybridized carbons (Fsp3) is 0.625. The molecule has 0 spiro atoms. The second kappa shape index (κ2) is 5.01. The first-order chi connectivity index (χ1) is 7.01. The van der Waals surface area contributed by atoms with Crippen LogP contribution in [-0.2, 0) is 6.54 Å². The van der Waals surface area contributed by atoms with Gasteiger partial charge in [-0.25, -0.2) is 0 Å². The third-order valence-corrected chi connectivity index (χ3v) is 1.57. The number of hydrogen-bond acceptors (Lipinski definition) is 4. The molecule has 0 aromatic carbocycles. The Kier molecular flexibility index (Phi) is 3.96. The van der Waals surface area contributed by atoms with Crippen molar-refractivity contribution < 1.29 is 22.3 Å². The number of oxazole rings is 1. The van der Waals surface area contributed by atoms with Crippen molar-refractivity contribution in [3.8, 4) is 6.08 Å². The molecule has 15 heavy (non-hydrogen) atoms. The lowest BCUT2D eigenvalue weighted by Gasteiger charge is -2.05.